The summed E-state index contributed by atoms with van der Waals surface area (Å²) < 4.78 is 15.2. The van der Waals surface area contributed by atoms with Gasteiger partial charge in [-0.25, -0.2) is 9.07 Å². The first-order chi connectivity index (χ1) is 11.5. The van der Waals surface area contributed by atoms with Gasteiger partial charge in [0.25, 0.3) is 5.91 Å². The molecule has 1 amide bonds. The molecule has 0 atom stereocenters. The second-order valence-electron chi connectivity index (χ2n) is 6.47. The lowest BCUT2D eigenvalue weighted by atomic mass is 9.94. The highest BCUT2D eigenvalue weighted by Crippen LogP contribution is 2.26. The molecule has 0 radical (unpaired) electrons. The molecule has 5 nitrogen and oxygen atoms in total. The molecule has 3 rings (SSSR count). The molecule has 1 aliphatic carbocycles. The van der Waals surface area contributed by atoms with E-state index in [1.165, 1.54) is 23.4 Å². The van der Waals surface area contributed by atoms with E-state index in [-0.39, 0.29) is 29.1 Å². The fraction of sp³-hybridized carbons (Fsp3) is 0.444. The van der Waals surface area contributed by atoms with Gasteiger partial charge in [0.2, 0.25) is 0 Å². The van der Waals surface area contributed by atoms with Crippen LogP contribution in [0.3, 0.4) is 0 Å². The minimum absolute atomic E-state index is 0.0380. The first kappa shape index (κ1) is 16.5. The van der Waals surface area contributed by atoms with Crippen molar-refractivity contribution < 1.29 is 14.3 Å². The monoisotopic (exact) mass is 331 g/mol. The number of benzene rings is 1. The van der Waals surface area contributed by atoms with Crippen LogP contribution in [0.25, 0.3) is 5.69 Å². The predicted molar refractivity (Wildman–Crippen MR) is 88.9 cm³/mol. The van der Waals surface area contributed by atoms with Gasteiger partial charge < -0.3 is 10.0 Å². The number of hydrogen-bond acceptors (Lipinski definition) is 3. The van der Waals surface area contributed by atoms with Gasteiger partial charge in [-0.1, -0.05) is 25.3 Å². The van der Waals surface area contributed by atoms with Gasteiger partial charge in [-0.3, -0.25) is 4.79 Å². The summed E-state index contributed by atoms with van der Waals surface area (Å²) in [6, 6.07) is 4.80. The summed E-state index contributed by atoms with van der Waals surface area (Å²) in [6.45, 7) is 1.84. The van der Waals surface area contributed by atoms with Crippen LogP contribution in [0.4, 0.5) is 4.39 Å². The van der Waals surface area contributed by atoms with Gasteiger partial charge in [-0.15, -0.1) is 0 Å². The predicted octanol–water partition coefficient (Wildman–Crippen LogP) is 3.43. The molecule has 1 aliphatic rings. The molecule has 1 aromatic carbocycles. The molecule has 1 aromatic heterocycles. The van der Waals surface area contributed by atoms with Crippen molar-refractivity contribution in [2.24, 2.45) is 0 Å². The fourth-order valence-corrected chi connectivity index (χ4v) is 3.24. The zero-order chi connectivity index (χ0) is 17.3. The van der Waals surface area contributed by atoms with Crippen LogP contribution in [0.2, 0.25) is 0 Å². The van der Waals surface area contributed by atoms with E-state index in [1.807, 2.05) is 6.92 Å². The Bertz CT molecular complexity index is 751. The Labute approximate surface area is 140 Å². The summed E-state index contributed by atoms with van der Waals surface area (Å²) in [5.74, 6) is -1.02. The summed E-state index contributed by atoms with van der Waals surface area (Å²) in [5.41, 5.74) is 1.04. The standard InChI is InChI=1S/C18H22FN3O2/c1-12-8-9-14(19)15(10-12)22-11-16(23)17(20-22)18(24)21(2)13-6-4-3-5-7-13/h8-11,13,23H,3-7H2,1-2H3. The number of carbonyl (C=O) groups is 1. The van der Waals surface area contributed by atoms with Crippen LogP contribution < -0.4 is 0 Å². The molecular formula is C18H22FN3O2. The number of aryl methyl sites for hydroxylation is 1. The quantitative estimate of drug-likeness (QED) is 0.937. The first-order valence-electron chi connectivity index (χ1n) is 8.29. The van der Waals surface area contributed by atoms with E-state index in [2.05, 4.69) is 5.10 Å². The molecule has 0 spiro atoms. The Morgan fingerprint density at radius 1 is 1.33 bits per heavy atom. The maximum absolute atomic E-state index is 14.0. The van der Waals surface area contributed by atoms with Crippen molar-refractivity contribution in [3.8, 4) is 11.4 Å². The van der Waals surface area contributed by atoms with E-state index in [1.54, 1.807) is 24.1 Å². The third-order valence-electron chi connectivity index (χ3n) is 4.69. The number of carbonyl (C=O) groups excluding carboxylic acids is 1. The zero-order valence-corrected chi connectivity index (χ0v) is 14.0. The average Bonchev–Trinajstić information content (AvgIpc) is 2.98. The highest BCUT2D eigenvalue weighted by atomic mass is 19.1. The molecule has 6 heteroatoms. The van der Waals surface area contributed by atoms with Crippen LogP contribution in [-0.4, -0.2) is 38.8 Å². The normalized spacial score (nSPS) is 15.5. The van der Waals surface area contributed by atoms with E-state index in [4.69, 9.17) is 0 Å². The average molecular weight is 331 g/mol. The van der Waals surface area contributed by atoms with Crippen molar-refractivity contribution in [2.75, 3.05) is 7.05 Å². The van der Waals surface area contributed by atoms with E-state index in [0.717, 1.165) is 31.2 Å². The summed E-state index contributed by atoms with van der Waals surface area (Å²) in [7, 11) is 1.74. The summed E-state index contributed by atoms with van der Waals surface area (Å²) >= 11 is 0. The van der Waals surface area contributed by atoms with Gasteiger partial charge in [-0.2, -0.15) is 5.10 Å². The van der Waals surface area contributed by atoms with E-state index < -0.39 is 5.82 Å². The zero-order valence-electron chi connectivity index (χ0n) is 14.0. The van der Waals surface area contributed by atoms with Crippen LogP contribution in [0.1, 0.15) is 48.2 Å². The molecule has 1 heterocycles. The number of aromatic nitrogens is 2. The van der Waals surface area contributed by atoms with Gasteiger partial charge in [0, 0.05) is 13.1 Å². The second-order valence-corrected chi connectivity index (χ2v) is 6.47. The maximum atomic E-state index is 14.0. The molecule has 0 bridgehead atoms. The summed E-state index contributed by atoms with van der Waals surface area (Å²) in [5, 5.41) is 14.3. The SMILES string of the molecule is Cc1ccc(F)c(-n2cc(O)c(C(=O)N(C)C3CCCCC3)n2)c1. The van der Waals surface area contributed by atoms with Crippen molar-refractivity contribution >= 4 is 5.91 Å². The van der Waals surface area contributed by atoms with Gasteiger partial charge in [0.1, 0.15) is 11.5 Å². The van der Waals surface area contributed by atoms with Crippen molar-refractivity contribution in [1.82, 2.24) is 14.7 Å². The van der Waals surface area contributed by atoms with E-state index >= 15 is 0 Å². The van der Waals surface area contributed by atoms with Crippen LogP contribution >= 0.6 is 0 Å². The highest BCUT2D eigenvalue weighted by Gasteiger charge is 2.27. The smallest absolute Gasteiger partial charge is 0.278 e. The molecule has 0 aliphatic heterocycles. The lowest BCUT2D eigenvalue weighted by Crippen LogP contribution is -2.38. The van der Waals surface area contributed by atoms with Crippen molar-refractivity contribution in [2.45, 2.75) is 45.1 Å². The highest BCUT2D eigenvalue weighted by molar-refractivity contribution is 5.94. The van der Waals surface area contributed by atoms with Gasteiger partial charge in [-0.05, 0) is 37.5 Å². The van der Waals surface area contributed by atoms with E-state index in [0.29, 0.717) is 0 Å². The Morgan fingerprint density at radius 3 is 2.75 bits per heavy atom. The van der Waals surface area contributed by atoms with Crippen molar-refractivity contribution in [3.63, 3.8) is 0 Å². The number of hydrogen-bond donors (Lipinski definition) is 1. The summed E-state index contributed by atoms with van der Waals surface area (Å²) in [4.78, 5) is 14.3. The van der Waals surface area contributed by atoms with Gasteiger partial charge in [0.05, 0.1) is 6.20 Å². The topological polar surface area (TPSA) is 58.4 Å². The Balaban J connectivity index is 1.88. The first-order valence-corrected chi connectivity index (χ1v) is 8.29. The Hall–Kier alpha value is -2.37. The largest absolute Gasteiger partial charge is 0.504 e. The number of amides is 1. The van der Waals surface area contributed by atoms with Crippen LogP contribution in [-0.2, 0) is 0 Å². The lowest BCUT2D eigenvalue weighted by Gasteiger charge is -2.30. The number of aromatic hydroxyl groups is 1. The Kier molecular flexibility index (Phi) is 4.55. The third-order valence-corrected chi connectivity index (χ3v) is 4.69. The number of nitrogens with zero attached hydrogens (tertiary/aromatic N) is 3. The van der Waals surface area contributed by atoms with E-state index in [9.17, 15) is 14.3 Å². The minimum Gasteiger partial charge on any atom is -0.504 e. The van der Waals surface area contributed by atoms with Crippen LogP contribution in [0, 0.1) is 12.7 Å². The number of halogens is 1. The molecule has 1 saturated carbocycles. The molecule has 128 valence electrons. The summed E-state index contributed by atoms with van der Waals surface area (Å²) in [6.07, 6.45) is 6.63. The van der Waals surface area contributed by atoms with Gasteiger partial charge in [0.15, 0.2) is 11.4 Å². The fourth-order valence-electron chi connectivity index (χ4n) is 3.24. The molecule has 24 heavy (non-hydrogen) atoms. The van der Waals surface area contributed by atoms with Gasteiger partial charge >= 0.3 is 0 Å². The van der Waals surface area contributed by atoms with Crippen LogP contribution in [0.15, 0.2) is 24.4 Å². The Morgan fingerprint density at radius 2 is 2.04 bits per heavy atom. The molecule has 1 fully saturated rings. The van der Waals surface area contributed by atoms with Crippen molar-refractivity contribution in [3.05, 3.63) is 41.5 Å². The molecule has 0 unspecified atom stereocenters. The molecular weight excluding hydrogens is 309 g/mol. The third kappa shape index (κ3) is 3.13. The number of rotatable bonds is 3. The lowest BCUT2D eigenvalue weighted by molar-refractivity contribution is 0.0687. The van der Waals surface area contributed by atoms with Crippen LogP contribution in [0.5, 0.6) is 5.75 Å². The second kappa shape index (κ2) is 6.63. The molecule has 0 saturated heterocycles. The molecule has 2 aromatic rings. The molecule has 1 N–H and O–H groups in total. The minimum atomic E-state index is -0.456. The van der Waals surface area contributed by atoms with Crippen molar-refractivity contribution in [1.29, 1.82) is 0 Å². The maximum Gasteiger partial charge on any atom is 0.278 e.